The molecule has 4 aromatic carbocycles. The number of carbonyl (C=O) groups is 4. The van der Waals surface area contributed by atoms with Crippen LogP contribution >= 0.6 is 11.6 Å². The average molecular weight is 799 g/mol. The molecule has 57 heavy (non-hydrogen) atoms. The van der Waals surface area contributed by atoms with Crippen molar-refractivity contribution in [1.82, 2.24) is 0 Å². The van der Waals surface area contributed by atoms with Crippen molar-refractivity contribution < 1.29 is 42.9 Å². The number of unbranched alkanes of at least 4 members (excludes halogenated alkanes) is 11. The third-order valence-corrected chi connectivity index (χ3v) is 9.65. The van der Waals surface area contributed by atoms with E-state index in [1.54, 1.807) is 12.1 Å². The van der Waals surface area contributed by atoms with Gasteiger partial charge in [-0.05, 0) is 104 Å². The summed E-state index contributed by atoms with van der Waals surface area (Å²) in [6.07, 6.45) is 13.8. The maximum absolute atomic E-state index is 12.9. The highest BCUT2D eigenvalue weighted by atomic mass is 35.5. The van der Waals surface area contributed by atoms with E-state index in [-0.39, 0.29) is 22.6 Å². The van der Waals surface area contributed by atoms with Crippen molar-refractivity contribution in [2.75, 3.05) is 13.2 Å². The summed E-state index contributed by atoms with van der Waals surface area (Å²) in [7, 11) is 0. The molecule has 0 aromatic heterocycles. The standard InChI is InChI=1S/C47H55ClO9/c1-4-6-8-10-11-12-14-16-32-54-44(49)34(3)55-45(50)37-21-26-40(27-22-37)57-47(52)38-23-28-41(29-24-38)56-46(51)36-19-17-35(18-20-36)39-25-30-43(42(48)33-39)53-31-15-13-9-7-5-2/h17-30,33-34H,4-16,31-32H2,1-3H3. The van der Waals surface area contributed by atoms with Gasteiger partial charge in [0.1, 0.15) is 17.2 Å². The molecule has 0 radical (unpaired) electrons. The Labute approximate surface area is 342 Å². The quantitative estimate of drug-likeness (QED) is 0.0388. The SMILES string of the molecule is CCCCCCCCCCOC(=O)C(C)OC(=O)c1ccc(OC(=O)c2ccc(OC(=O)c3ccc(-c4ccc(OCCCCCCC)c(Cl)c4)cc3)cc2)cc1. The van der Waals surface area contributed by atoms with Crippen LogP contribution in [-0.4, -0.2) is 43.2 Å². The Morgan fingerprint density at radius 1 is 0.526 bits per heavy atom. The smallest absolute Gasteiger partial charge is 0.347 e. The maximum atomic E-state index is 12.9. The van der Waals surface area contributed by atoms with Gasteiger partial charge < -0.3 is 23.7 Å². The minimum absolute atomic E-state index is 0.186. The molecule has 0 aliphatic carbocycles. The van der Waals surface area contributed by atoms with Crippen LogP contribution in [-0.2, 0) is 14.3 Å². The van der Waals surface area contributed by atoms with Crippen LogP contribution in [0.2, 0.25) is 5.02 Å². The van der Waals surface area contributed by atoms with E-state index in [0.29, 0.717) is 29.5 Å². The van der Waals surface area contributed by atoms with Gasteiger partial charge in [-0.3, -0.25) is 0 Å². The Morgan fingerprint density at radius 2 is 0.965 bits per heavy atom. The summed E-state index contributed by atoms with van der Waals surface area (Å²) in [6, 6.07) is 24.4. The lowest BCUT2D eigenvalue weighted by atomic mass is 10.0. The number of hydrogen-bond donors (Lipinski definition) is 0. The van der Waals surface area contributed by atoms with Gasteiger partial charge in [-0.15, -0.1) is 0 Å². The van der Waals surface area contributed by atoms with Crippen LogP contribution in [0.5, 0.6) is 17.2 Å². The molecule has 0 N–H and O–H groups in total. The minimum atomic E-state index is -1.06. The Balaban J connectivity index is 1.18. The first-order valence-electron chi connectivity index (χ1n) is 20.2. The second-order valence-corrected chi connectivity index (χ2v) is 14.4. The zero-order chi connectivity index (χ0) is 40.8. The Bertz CT molecular complexity index is 1850. The first-order valence-corrected chi connectivity index (χ1v) is 20.6. The summed E-state index contributed by atoms with van der Waals surface area (Å²) in [5.41, 5.74) is 2.54. The van der Waals surface area contributed by atoms with Crippen LogP contribution in [0.4, 0.5) is 0 Å². The molecule has 9 nitrogen and oxygen atoms in total. The van der Waals surface area contributed by atoms with Crippen LogP contribution < -0.4 is 14.2 Å². The fraction of sp³-hybridized carbons (Fsp3) is 0.404. The molecule has 1 atom stereocenters. The van der Waals surface area contributed by atoms with Gasteiger partial charge in [0.2, 0.25) is 0 Å². The van der Waals surface area contributed by atoms with Crippen LogP contribution in [0.3, 0.4) is 0 Å². The molecule has 0 fully saturated rings. The highest BCUT2D eigenvalue weighted by Crippen LogP contribution is 2.31. The lowest BCUT2D eigenvalue weighted by Gasteiger charge is -2.13. The number of hydrogen-bond acceptors (Lipinski definition) is 9. The molecule has 304 valence electrons. The molecule has 0 saturated heterocycles. The Hall–Kier alpha value is -5.15. The van der Waals surface area contributed by atoms with Crippen molar-refractivity contribution >= 4 is 35.5 Å². The van der Waals surface area contributed by atoms with Crippen LogP contribution in [0, 0.1) is 0 Å². The number of halogens is 1. The third-order valence-electron chi connectivity index (χ3n) is 9.35. The molecular weight excluding hydrogens is 744 g/mol. The van der Waals surface area contributed by atoms with Crippen molar-refractivity contribution in [3.63, 3.8) is 0 Å². The van der Waals surface area contributed by atoms with E-state index in [0.717, 1.165) is 43.2 Å². The predicted octanol–water partition coefficient (Wildman–Crippen LogP) is 12.0. The van der Waals surface area contributed by atoms with Crippen LogP contribution in [0.25, 0.3) is 11.1 Å². The van der Waals surface area contributed by atoms with Gasteiger partial charge in [0.05, 0.1) is 34.9 Å². The highest BCUT2D eigenvalue weighted by molar-refractivity contribution is 6.32. The second-order valence-electron chi connectivity index (χ2n) is 14.0. The first-order chi connectivity index (χ1) is 27.7. The molecule has 10 heteroatoms. The van der Waals surface area contributed by atoms with Crippen molar-refractivity contribution in [2.45, 2.75) is 110 Å². The fourth-order valence-corrected chi connectivity index (χ4v) is 6.17. The minimum Gasteiger partial charge on any atom is -0.492 e. The largest absolute Gasteiger partial charge is 0.492 e. The summed E-state index contributed by atoms with van der Waals surface area (Å²) in [4.78, 5) is 50.6. The average Bonchev–Trinajstić information content (AvgIpc) is 3.22. The van der Waals surface area contributed by atoms with Crippen molar-refractivity contribution in [3.05, 3.63) is 113 Å². The van der Waals surface area contributed by atoms with E-state index in [1.807, 2.05) is 30.3 Å². The number of benzene rings is 4. The van der Waals surface area contributed by atoms with E-state index in [2.05, 4.69) is 13.8 Å². The first kappa shape index (κ1) is 44.6. The molecule has 0 aliphatic rings. The van der Waals surface area contributed by atoms with Gasteiger partial charge >= 0.3 is 23.9 Å². The number of esters is 4. The molecular formula is C47H55ClO9. The Morgan fingerprint density at radius 3 is 1.47 bits per heavy atom. The van der Waals surface area contributed by atoms with Gasteiger partial charge in [0.15, 0.2) is 6.10 Å². The third kappa shape index (κ3) is 15.4. The molecule has 4 aromatic rings. The van der Waals surface area contributed by atoms with Gasteiger partial charge in [0.25, 0.3) is 0 Å². The molecule has 0 bridgehead atoms. The summed E-state index contributed by atoms with van der Waals surface area (Å²) < 4.78 is 27.4. The lowest BCUT2D eigenvalue weighted by molar-refractivity contribution is -0.153. The van der Waals surface area contributed by atoms with Crippen molar-refractivity contribution in [2.24, 2.45) is 0 Å². The van der Waals surface area contributed by atoms with Gasteiger partial charge in [0, 0.05) is 0 Å². The summed E-state index contributed by atoms with van der Waals surface area (Å²) in [6.45, 7) is 6.78. The van der Waals surface area contributed by atoms with E-state index in [9.17, 15) is 19.2 Å². The molecule has 0 spiro atoms. The second kappa shape index (κ2) is 24.5. The van der Waals surface area contributed by atoms with Crippen molar-refractivity contribution in [3.8, 4) is 28.4 Å². The van der Waals surface area contributed by atoms with E-state index in [4.69, 9.17) is 35.3 Å². The van der Waals surface area contributed by atoms with Gasteiger partial charge in [-0.25, -0.2) is 19.2 Å². The topological polar surface area (TPSA) is 114 Å². The van der Waals surface area contributed by atoms with Gasteiger partial charge in [-0.1, -0.05) is 114 Å². The normalized spacial score (nSPS) is 11.4. The molecule has 0 aliphatic heterocycles. The lowest BCUT2D eigenvalue weighted by Crippen LogP contribution is -2.26. The molecule has 0 amide bonds. The van der Waals surface area contributed by atoms with Crippen molar-refractivity contribution in [1.29, 1.82) is 0 Å². The maximum Gasteiger partial charge on any atom is 0.347 e. The van der Waals surface area contributed by atoms with Crippen LogP contribution in [0.15, 0.2) is 91.0 Å². The predicted molar refractivity (Wildman–Crippen MR) is 222 cm³/mol. The zero-order valence-electron chi connectivity index (χ0n) is 33.4. The highest BCUT2D eigenvalue weighted by Gasteiger charge is 2.21. The number of ether oxygens (including phenoxy) is 5. The summed E-state index contributed by atoms with van der Waals surface area (Å²) >= 11 is 6.50. The van der Waals surface area contributed by atoms with E-state index in [1.165, 1.54) is 107 Å². The van der Waals surface area contributed by atoms with Gasteiger partial charge in [-0.2, -0.15) is 0 Å². The Kier molecular flexibility index (Phi) is 19.1. The monoisotopic (exact) mass is 798 g/mol. The molecule has 0 heterocycles. The summed E-state index contributed by atoms with van der Waals surface area (Å²) in [5, 5.41) is 0.530. The summed E-state index contributed by atoms with van der Waals surface area (Å²) in [5.74, 6) is -1.38. The number of carbonyl (C=O) groups excluding carboxylic acids is 4. The van der Waals surface area contributed by atoms with E-state index >= 15 is 0 Å². The molecule has 4 rings (SSSR count). The van der Waals surface area contributed by atoms with Crippen LogP contribution in [0.1, 0.15) is 135 Å². The fourth-order valence-electron chi connectivity index (χ4n) is 5.94. The zero-order valence-corrected chi connectivity index (χ0v) is 34.2. The van der Waals surface area contributed by atoms with E-state index < -0.39 is 30.0 Å². The molecule has 0 saturated carbocycles. The number of rotatable bonds is 24. The molecule has 1 unspecified atom stereocenters.